The van der Waals surface area contributed by atoms with Crippen LogP contribution in [0, 0.1) is 23.7 Å². The molecule has 0 aliphatic carbocycles. The maximum absolute atomic E-state index is 9.03. The second-order valence-electron chi connectivity index (χ2n) is 3.29. The first-order valence-electron chi connectivity index (χ1n) is 4.38. The number of rotatable bonds is 2. The maximum atomic E-state index is 9.03. The van der Waals surface area contributed by atoms with E-state index >= 15 is 0 Å². The molecule has 70 valence electrons. The number of likely N-dealkylation sites (tertiary alicyclic amines) is 1. The van der Waals surface area contributed by atoms with Gasteiger partial charge in [0.15, 0.2) is 0 Å². The van der Waals surface area contributed by atoms with Gasteiger partial charge >= 0.3 is 0 Å². The van der Waals surface area contributed by atoms with Crippen molar-refractivity contribution >= 4 is 11.8 Å². The highest BCUT2D eigenvalue weighted by Gasteiger charge is 2.33. The van der Waals surface area contributed by atoms with Crippen molar-refractivity contribution in [2.45, 2.75) is 17.6 Å². The van der Waals surface area contributed by atoms with Crippen molar-refractivity contribution in [2.75, 3.05) is 25.9 Å². The SMILES string of the molecule is C#CCN1CCC(C#N)(SC)CC1. The summed E-state index contributed by atoms with van der Waals surface area (Å²) in [5, 5.41) is 9.03. The second kappa shape index (κ2) is 4.56. The average molecular weight is 194 g/mol. The summed E-state index contributed by atoms with van der Waals surface area (Å²) in [6, 6.07) is 2.41. The lowest BCUT2D eigenvalue weighted by Gasteiger charge is -2.35. The summed E-state index contributed by atoms with van der Waals surface area (Å²) in [6.07, 6.45) is 9.12. The van der Waals surface area contributed by atoms with Crippen molar-refractivity contribution in [1.82, 2.24) is 4.90 Å². The largest absolute Gasteiger partial charge is 0.292 e. The molecule has 0 unspecified atom stereocenters. The number of hydrogen-bond acceptors (Lipinski definition) is 3. The van der Waals surface area contributed by atoms with Crippen LogP contribution in [-0.2, 0) is 0 Å². The lowest BCUT2D eigenvalue weighted by Crippen LogP contribution is -2.41. The number of thioether (sulfide) groups is 1. The van der Waals surface area contributed by atoms with Gasteiger partial charge in [-0.2, -0.15) is 5.26 Å². The van der Waals surface area contributed by atoms with Gasteiger partial charge in [-0.15, -0.1) is 18.2 Å². The predicted octanol–water partition coefficient (Wildman–Crippen LogP) is 1.34. The Morgan fingerprint density at radius 1 is 1.54 bits per heavy atom. The van der Waals surface area contributed by atoms with Crippen LogP contribution >= 0.6 is 11.8 Å². The van der Waals surface area contributed by atoms with Crippen molar-refractivity contribution in [1.29, 1.82) is 5.26 Å². The Morgan fingerprint density at radius 2 is 2.15 bits per heavy atom. The minimum atomic E-state index is -0.148. The van der Waals surface area contributed by atoms with E-state index in [0.29, 0.717) is 0 Å². The van der Waals surface area contributed by atoms with E-state index in [4.69, 9.17) is 11.7 Å². The number of piperidine rings is 1. The molecule has 0 aromatic heterocycles. The van der Waals surface area contributed by atoms with Crippen LogP contribution in [-0.4, -0.2) is 35.5 Å². The fraction of sp³-hybridized carbons (Fsp3) is 0.700. The predicted molar refractivity (Wildman–Crippen MR) is 56.4 cm³/mol. The highest BCUT2D eigenvalue weighted by Crippen LogP contribution is 2.33. The van der Waals surface area contributed by atoms with E-state index in [1.807, 2.05) is 6.26 Å². The Labute approximate surface area is 84.3 Å². The van der Waals surface area contributed by atoms with Crippen molar-refractivity contribution < 1.29 is 0 Å². The molecule has 13 heavy (non-hydrogen) atoms. The summed E-state index contributed by atoms with van der Waals surface area (Å²) < 4.78 is -0.148. The number of terminal acetylenes is 1. The van der Waals surface area contributed by atoms with Crippen molar-refractivity contribution in [3.8, 4) is 18.4 Å². The third-order valence-electron chi connectivity index (χ3n) is 2.57. The fourth-order valence-electron chi connectivity index (χ4n) is 1.56. The van der Waals surface area contributed by atoms with Gasteiger partial charge in [-0.1, -0.05) is 5.92 Å². The van der Waals surface area contributed by atoms with Crippen LogP contribution in [0.2, 0.25) is 0 Å². The average Bonchev–Trinajstić information content (AvgIpc) is 2.20. The minimum absolute atomic E-state index is 0.148. The zero-order chi connectivity index (χ0) is 9.73. The monoisotopic (exact) mass is 194 g/mol. The summed E-state index contributed by atoms with van der Waals surface area (Å²) in [6.45, 7) is 2.63. The number of hydrogen-bond donors (Lipinski definition) is 0. The highest BCUT2D eigenvalue weighted by molar-refractivity contribution is 8.00. The first-order chi connectivity index (χ1) is 6.26. The second-order valence-corrected chi connectivity index (χ2v) is 4.48. The van der Waals surface area contributed by atoms with Crippen LogP contribution in [0.3, 0.4) is 0 Å². The molecular formula is C10H14N2S. The third kappa shape index (κ3) is 2.40. The molecule has 0 aromatic rings. The van der Waals surface area contributed by atoms with Gasteiger partial charge in [-0.05, 0) is 19.1 Å². The van der Waals surface area contributed by atoms with Gasteiger partial charge in [0, 0.05) is 13.1 Å². The molecule has 3 heteroatoms. The van der Waals surface area contributed by atoms with Gasteiger partial charge < -0.3 is 0 Å². The standard InChI is InChI=1S/C10H14N2S/c1-3-6-12-7-4-10(9-11,13-2)5-8-12/h1H,4-8H2,2H3. The molecule has 0 atom stereocenters. The van der Waals surface area contributed by atoms with E-state index in [1.54, 1.807) is 11.8 Å². The molecule has 1 rings (SSSR count). The van der Waals surface area contributed by atoms with Gasteiger partial charge in [-0.3, -0.25) is 4.90 Å². The van der Waals surface area contributed by atoms with Gasteiger partial charge in [0.25, 0.3) is 0 Å². The maximum Gasteiger partial charge on any atom is 0.104 e. The molecule has 1 aliphatic heterocycles. The summed E-state index contributed by atoms with van der Waals surface area (Å²) in [5.74, 6) is 2.64. The normalized spacial score (nSPS) is 21.8. The molecular weight excluding hydrogens is 180 g/mol. The van der Waals surface area contributed by atoms with Crippen LogP contribution in [0.1, 0.15) is 12.8 Å². The topological polar surface area (TPSA) is 27.0 Å². The lowest BCUT2D eigenvalue weighted by atomic mass is 9.97. The molecule has 1 aliphatic rings. The molecule has 1 heterocycles. The minimum Gasteiger partial charge on any atom is -0.292 e. The van der Waals surface area contributed by atoms with E-state index < -0.39 is 0 Å². The van der Waals surface area contributed by atoms with Gasteiger partial charge in [0.05, 0.1) is 12.6 Å². The van der Waals surface area contributed by atoms with Crippen LogP contribution in [0.4, 0.5) is 0 Å². The third-order valence-corrected chi connectivity index (χ3v) is 3.85. The smallest absolute Gasteiger partial charge is 0.104 e. The van der Waals surface area contributed by atoms with E-state index in [0.717, 1.165) is 32.5 Å². The van der Waals surface area contributed by atoms with Crippen LogP contribution in [0.5, 0.6) is 0 Å². The first-order valence-corrected chi connectivity index (χ1v) is 5.61. The Balaban J connectivity index is 2.47. The molecule has 0 aromatic carbocycles. The summed E-state index contributed by atoms with van der Waals surface area (Å²) in [5.41, 5.74) is 0. The highest BCUT2D eigenvalue weighted by atomic mass is 32.2. The van der Waals surface area contributed by atoms with Crippen molar-refractivity contribution in [3.63, 3.8) is 0 Å². The summed E-state index contributed by atoms with van der Waals surface area (Å²) in [7, 11) is 0. The molecule has 0 spiro atoms. The molecule has 0 bridgehead atoms. The van der Waals surface area contributed by atoms with Gasteiger partial charge in [-0.25, -0.2) is 0 Å². The molecule has 1 fully saturated rings. The van der Waals surface area contributed by atoms with Gasteiger partial charge in [0.1, 0.15) is 4.75 Å². The van der Waals surface area contributed by atoms with E-state index in [2.05, 4.69) is 16.9 Å². The number of nitriles is 1. The Bertz CT molecular complexity index is 241. The van der Waals surface area contributed by atoms with E-state index in [9.17, 15) is 0 Å². The summed E-state index contributed by atoms with van der Waals surface area (Å²) >= 11 is 1.67. The van der Waals surface area contributed by atoms with Crippen LogP contribution in [0.25, 0.3) is 0 Å². The molecule has 0 saturated carbocycles. The van der Waals surface area contributed by atoms with Crippen LogP contribution in [0.15, 0.2) is 0 Å². The lowest BCUT2D eigenvalue weighted by molar-refractivity contribution is 0.241. The number of nitrogens with zero attached hydrogens (tertiary/aromatic N) is 2. The Kier molecular flexibility index (Phi) is 3.66. The van der Waals surface area contributed by atoms with E-state index in [-0.39, 0.29) is 4.75 Å². The molecule has 2 nitrogen and oxygen atoms in total. The van der Waals surface area contributed by atoms with Crippen molar-refractivity contribution in [2.24, 2.45) is 0 Å². The van der Waals surface area contributed by atoms with Crippen molar-refractivity contribution in [3.05, 3.63) is 0 Å². The zero-order valence-corrected chi connectivity index (χ0v) is 8.73. The Hall–Kier alpha value is -0.640. The quantitative estimate of drug-likeness (QED) is 0.621. The molecule has 1 saturated heterocycles. The summed E-state index contributed by atoms with van der Waals surface area (Å²) in [4.78, 5) is 2.23. The molecule has 0 N–H and O–H groups in total. The Morgan fingerprint density at radius 3 is 2.54 bits per heavy atom. The van der Waals surface area contributed by atoms with Crippen LogP contribution < -0.4 is 0 Å². The zero-order valence-electron chi connectivity index (χ0n) is 7.92. The van der Waals surface area contributed by atoms with Gasteiger partial charge in [0.2, 0.25) is 0 Å². The fourth-order valence-corrected chi connectivity index (χ4v) is 2.25. The first kappa shape index (κ1) is 10.4. The molecule has 0 amide bonds. The van der Waals surface area contributed by atoms with E-state index in [1.165, 1.54) is 0 Å². The molecule has 0 radical (unpaired) electrons.